The molecule has 3 aromatic carbocycles. The first-order valence-electron chi connectivity index (χ1n) is 18.3. The Morgan fingerprint density at radius 2 is 1.58 bits per heavy atom. The normalized spacial score (nSPS) is 21.8. The minimum Gasteiger partial charge on any atom is -0.444 e. The van der Waals surface area contributed by atoms with Crippen molar-refractivity contribution in [2.75, 3.05) is 32.7 Å². The molecule has 3 aliphatic rings. The highest BCUT2D eigenvalue weighted by atomic mass is 35.5. The third-order valence-electron chi connectivity index (χ3n) is 10.4. The Morgan fingerprint density at radius 1 is 0.868 bits per heavy atom. The highest BCUT2D eigenvalue weighted by Crippen LogP contribution is 2.39. The van der Waals surface area contributed by atoms with Crippen molar-refractivity contribution in [1.29, 1.82) is 0 Å². The Labute approximate surface area is 322 Å². The van der Waals surface area contributed by atoms with Crippen LogP contribution in [0.15, 0.2) is 66.7 Å². The predicted octanol–water partition coefficient (Wildman–Crippen LogP) is 6.35. The molecule has 5 atom stereocenters. The minimum absolute atomic E-state index is 0.00240. The lowest BCUT2D eigenvalue weighted by atomic mass is 9.99. The van der Waals surface area contributed by atoms with E-state index in [0.717, 1.165) is 28.7 Å². The number of piperazine rings is 1. The number of nitrogens with zero attached hydrogens (tertiary/aromatic N) is 3. The molecule has 2 heterocycles. The number of likely N-dealkylation sites (tertiary alicyclic amines) is 1. The van der Waals surface area contributed by atoms with Crippen LogP contribution in [0.25, 0.3) is 0 Å². The van der Waals surface area contributed by atoms with Gasteiger partial charge in [0.25, 0.3) is 5.91 Å². The van der Waals surface area contributed by atoms with Gasteiger partial charge in [0.2, 0.25) is 11.8 Å². The van der Waals surface area contributed by atoms with Crippen LogP contribution in [0.2, 0.25) is 10.0 Å². The summed E-state index contributed by atoms with van der Waals surface area (Å²) >= 11 is 12.7. The van der Waals surface area contributed by atoms with Crippen LogP contribution in [0.1, 0.15) is 72.3 Å². The third-order valence-corrected chi connectivity index (χ3v) is 11.1. The van der Waals surface area contributed by atoms with Crippen molar-refractivity contribution in [3.05, 3.63) is 105 Å². The van der Waals surface area contributed by atoms with Gasteiger partial charge >= 0.3 is 6.09 Å². The van der Waals surface area contributed by atoms with Crippen LogP contribution in [0, 0.1) is 19.8 Å². The molecule has 4 amide bonds. The van der Waals surface area contributed by atoms with Crippen LogP contribution in [0.3, 0.4) is 0 Å². The lowest BCUT2D eigenvalue weighted by molar-refractivity contribution is -0.137. The summed E-state index contributed by atoms with van der Waals surface area (Å²) < 4.78 is 5.50. The molecule has 10 nitrogen and oxygen atoms in total. The molecule has 1 saturated carbocycles. The fourth-order valence-corrected chi connectivity index (χ4v) is 8.35. The molecule has 53 heavy (non-hydrogen) atoms. The summed E-state index contributed by atoms with van der Waals surface area (Å²) in [6, 6.07) is 19.7. The van der Waals surface area contributed by atoms with Gasteiger partial charge in [-0.25, -0.2) is 4.79 Å². The van der Waals surface area contributed by atoms with Crippen molar-refractivity contribution < 1.29 is 23.9 Å². The third kappa shape index (κ3) is 9.34. The standard InChI is InChI=1S/C41H49Cl2N5O5/c1-25-15-26(2)17-29(16-25)38(50)46-13-14-47(36(24-46)28-11-12-32(42)33(43)20-28)37(49)22-44-34-21-31-19-30(34)23-48(31)39(51)35(18-27-9-7-6-8-10-27)45-40(52)53-41(3,4)5/h6-12,15-17,20,30-31,34-36,44H,13-14,18-19,21-24H2,1-5H3,(H,45,52)/t30?,31?,34?,35?,36-/m0/s1. The molecule has 6 rings (SSSR count). The first-order valence-corrected chi connectivity index (χ1v) is 19.1. The summed E-state index contributed by atoms with van der Waals surface area (Å²) in [6.45, 7) is 11.1. The molecule has 12 heteroatoms. The molecule has 4 unspecified atom stereocenters. The van der Waals surface area contributed by atoms with E-state index in [1.54, 1.807) is 32.9 Å². The number of fused-ring (bicyclic) bond motifs is 2. The number of hydrogen-bond acceptors (Lipinski definition) is 6. The summed E-state index contributed by atoms with van der Waals surface area (Å²) in [7, 11) is 0. The van der Waals surface area contributed by atoms with Crippen LogP contribution >= 0.6 is 23.2 Å². The Balaban J connectivity index is 1.10. The Morgan fingerprint density at radius 3 is 2.23 bits per heavy atom. The van der Waals surface area contributed by atoms with Gasteiger partial charge in [-0.2, -0.15) is 0 Å². The van der Waals surface area contributed by atoms with Gasteiger partial charge in [0.05, 0.1) is 22.6 Å². The number of hydrogen-bond donors (Lipinski definition) is 2. The number of amides is 4. The van der Waals surface area contributed by atoms with Crippen molar-refractivity contribution >= 4 is 47.0 Å². The molecule has 1 aliphatic carbocycles. The van der Waals surface area contributed by atoms with Gasteiger partial charge in [-0.15, -0.1) is 0 Å². The van der Waals surface area contributed by atoms with Crippen molar-refractivity contribution in [3.8, 4) is 0 Å². The molecule has 3 aromatic rings. The van der Waals surface area contributed by atoms with E-state index in [1.165, 1.54) is 0 Å². The topological polar surface area (TPSA) is 111 Å². The molecular formula is C41H49Cl2N5O5. The maximum absolute atomic E-state index is 14.0. The first kappa shape index (κ1) is 38.6. The second kappa shape index (κ2) is 16.1. The largest absolute Gasteiger partial charge is 0.444 e. The molecule has 282 valence electrons. The average molecular weight is 763 g/mol. The van der Waals surface area contributed by atoms with E-state index < -0.39 is 23.8 Å². The van der Waals surface area contributed by atoms with Crippen molar-refractivity contribution in [1.82, 2.24) is 25.3 Å². The van der Waals surface area contributed by atoms with Gasteiger partial charge in [-0.3, -0.25) is 14.4 Å². The van der Waals surface area contributed by atoms with Gasteiger partial charge in [0.1, 0.15) is 11.6 Å². The second-order valence-corrected chi connectivity index (χ2v) is 16.5. The second-order valence-electron chi connectivity index (χ2n) is 15.7. The number of alkyl carbamates (subject to hydrolysis) is 1. The molecule has 0 spiro atoms. The zero-order valence-electron chi connectivity index (χ0n) is 31.0. The molecule has 2 aliphatic heterocycles. The maximum Gasteiger partial charge on any atom is 0.408 e. The number of carbonyl (C=O) groups is 4. The predicted molar refractivity (Wildman–Crippen MR) is 206 cm³/mol. The lowest BCUT2D eigenvalue weighted by Crippen LogP contribution is -2.56. The van der Waals surface area contributed by atoms with E-state index in [9.17, 15) is 19.2 Å². The fourth-order valence-electron chi connectivity index (χ4n) is 8.04. The highest BCUT2D eigenvalue weighted by Gasteiger charge is 2.48. The summed E-state index contributed by atoms with van der Waals surface area (Å²) in [6.07, 6.45) is 1.27. The fraction of sp³-hybridized carbons (Fsp3) is 0.463. The summed E-state index contributed by atoms with van der Waals surface area (Å²) in [4.78, 5) is 59.9. The summed E-state index contributed by atoms with van der Waals surface area (Å²) in [5, 5.41) is 7.16. The number of piperidine rings is 1. The van der Waals surface area contributed by atoms with E-state index in [0.29, 0.717) is 54.6 Å². The Kier molecular flexibility index (Phi) is 11.7. The number of benzene rings is 3. The molecule has 0 aromatic heterocycles. The number of ether oxygens (including phenoxy) is 1. The van der Waals surface area contributed by atoms with Crippen molar-refractivity contribution in [3.63, 3.8) is 0 Å². The number of halogens is 2. The lowest BCUT2D eigenvalue weighted by Gasteiger charge is -2.42. The maximum atomic E-state index is 14.0. The SMILES string of the molecule is Cc1cc(C)cc(C(=O)N2CCN(C(=O)CNC3CC4CC3CN4C(=O)C(Cc3ccccc3)NC(=O)OC(C)(C)C)[C@H](c3ccc(Cl)c(Cl)c3)C2)c1. The molecule has 2 bridgehead atoms. The Hall–Kier alpha value is -4.12. The van der Waals surface area contributed by atoms with E-state index in [2.05, 4.69) is 10.6 Å². The summed E-state index contributed by atoms with van der Waals surface area (Å²) in [5.74, 6) is -0.0894. The quantitative estimate of drug-likeness (QED) is 0.263. The van der Waals surface area contributed by atoms with E-state index >= 15 is 0 Å². The van der Waals surface area contributed by atoms with Crippen LogP contribution in [0.4, 0.5) is 4.79 Å². The van der Waals surface area contributed by atoms with E-state index in [1.807, 2.05) is 83.1 Å². The van der Waals surface area contributed by atoms with Gasteiger partial charge in [-0.05, 0) is 88.8 Å². The van der Waals surface area contributed by atoms with Crippen molar-refractivity contribution in [2.45, 2.75) is 83.6 Å². The first-order chi connectivity index (χ1) is 25.1. The molecular weight excluding hydrogens is 713 g/mol. The van der Waals surface area contributed by atoms with Crippen LogP contribution in [-0.4, -0.2) is 95.0 Å². The van der Waals surface area contributed by atoms with Crippen LogP contribution in [0.5, 0.6) is 0 Å². The molecule has 0 radical (unpaired) electrons. The highest BCUT2D eigenvalue weighted by molar-refractivity contribution is 6.42. The summed E-state index contributed by atoms with van der Waals surface area (Å²) in [5.41, 5.74) is 3.73. The van der Waals surface area contributed by atoms with E-state index in [4.69, 9.17) is 27.9 Å². The minimum atomic E-state index is -0.765. The molecule has 2 N–H and O–H groups in total. The Bertz CT molecular complexity index is 1830. The van der Waals surface area contributed by atoms with Crippen LogP contribution in [-0.2, 0) is 20.7 Å². The smallest absolute Gasteiger partial charge is 0.408 e. The zero-order valence-corrected chi connectivity index (χ0v) is 32.5. The van der Waals surface area contributed by atoms with Gasteiger partial charge < -0.3 is 30.1 Å². The average Bonchev–Trinajstić information content (AvgIpc) is 3.71. The van der Waals surface area contributed by atoms with Gasteiger partial charge in [-0.1, -0.05) is 76.8 Å². The van der Waals surface area contributed by atoms with Gasteiger partial charge in [0, 0.05) is 50.2 Å². The van der Waals surface area contributed by atoms with Crippen molar-refractivity contribution in [2.24, 2.45) is 5.92 Å². The number of aryl methyl sites for hydroxylation is 2. The number of nitrogens with one attached hydrogen (secondary N) is 2. The van der Waals surface area contributed by atoms with E-state index in [-0.39, 0.29) is 42.3 Å². The molecule has 3 fully saturated rings. The number of carbonyl (C=O) groups excluding carboxylic acids is 4. The number of rotatable bonds is 9. The monoisotopic (exact) mass is 761 g/mol. The van der Waals surface area contributed by atoms with Gasteiger partial charge in [0.15, 0.2) is 0 Å². The van der Waals surface area contributed by atoms with Crippen LogP contribution < -0.4 is 10.6 Å². The zero-order chi connectivity index (χ0) is 38.0. The molecule has 2 saturated heterocycles.